The lowest BCUT2D eigenvalue weighted by molar-refractivity contribution is -0.162. The minimum absolute atomic E-state index is 0.00735. The van der Waals surface area contributed by atoms with E-state index in [1.54, 1.807) is 0 Å². The Morgan fingerprint density at radius 3 is 1.67 bits per heavy atom. The summed E-state index contributed by atoms with van der Waals surface area (Å²) in [7, 11) is 0. The molecule has 0 amide bonds. The molecule has 0 radical (unpaired) electrons. The molecule has 5 rings (SSSR count). The minimum atomic E-state index is -0.219. The molecule has 3 heterocycles. The number of rotatable bonds is 5. The number of esters is 2. The first-order valence-electron chi connectivity index (χ1n) is 16.8. The molecule has 0 spiro atoms. The Balaban J connectivity index is 1.08. The van der Waals surface area contributed by atoms with Crippen LogP contribution in [0.3, 0.4) is 0 Å². The summed E-state index contributed by atoms with van der Waals surface area (Å²) in [6.07, 6.45) is 12.5. The highest BCUT2D eigenvalue weighted by molar-refractivity contribution is 5.73. The van der Waals surface area contributed by atoms with Gasteiger partial charge in [-0.15, -0.1) is 0 Å². The number of fused-ring (bicyclic) bond motifs is 1. The van der Waals surface area contributed by atoms with Gasteiger partial charge in [-0.25, -0.2) is 0 Å². The lowest BCUT2D eigenvalue weighted by Crippen LogP contribution is -2.60. The molecule has 0 bridgehead atoms. The zero-order valence-electron chi connectivity index (χ0n) is 27.6. The van der Waals surface area contributed by atoms with Gasteiger partial charge in [-0.05, 0) is 118 Å². The largest absolute Gasteiger partial charge is 0.497 e. The fraction of sp³-hybridized carbons (Fsp3) is 0.886. The Hall–Kier alpha value is -1.60. The van der Waals surface area contributed by atoms with Crippen molar-refractivity contribution in [2.45, 2.75) is 160 Å². The highest BCUT2D eigenvalue weighted by Gasteiger charge is 2.44. The summed E-state index contributed by atoms with van der Waals surface area (Å²) in [4.78, 5) is 26.3. The highest BCUT2D eigenvalue weighted by atomic mass is 16.6. The summed E-state index contributed by atoms with van der Waals surface area (Å²) in [6, 6.07) is 0. The first-order valence-corrected chi connectivity index (χ1v) is 16.8. The summed E-state index contributed by atoms with van der Waals surface area (Å²) >= 11 is 0. The van der Waals surface area contributed by atoms with Crippen molar-refractivity contribution >= 4 is 11.9 Å². The van der Waals surface area contributed by atoms with Gasteiger partial charge in [0.15, 0.2) is 0 Å². The summed E-state index contributed by atoms with van der Waals surface area (Å²) in [5.74, 6) is 2.48. The zero-order valence-corrected chi connectivity index (χ0v) is 27.6. The Kier molecular flexibility index (Phi) is 8.88. The maximum absolute atomic E-state index is 13.2. The molecule has 2 N–H and O–H groups in total. The fourth-order valence-electron chi connectivity index (χ4n) is 9.54. The predicted octanol–water partition coefficient (Wildman–Crippen LogP) is 6.44. The first-order chi connectivity index (χ1) is 19.5. The summed E-state index contributed by atoms with van der Waals surface area (Å²) in [5, 5.41) is 7.34. The summed E-state index contributed by atoms with van der Waals surface area (Å²) < 4.78 is 18.4. The van der Waals surface area contributed by atoms with Gasteiger partial charge in [-0.1, -0.05) is 0 Å². The molecule has 2 saturated carbocycles. The average Bonchev–Trinajstić information content (AvgIpc) is 2.84. The van der Waals surface area contributed by atoms with Crippen LogP contribution in [0.25, 0.3) is 0 Å². The molecule has 4 fully saturated rings. The van der Waals surface area contributed by atoms with E-state index in [2.05, 4.69) is 72.1 Å². The van der Waals surface area contributed by atoms with Crippen molar-refractivity contribution in [3.8, 4) is 0 Å². The first kappa shape index (κ1) is 31.8. The van der Waals surface area contributed by atoms with E-state index in [1.165, 1.54) is 0 Å². The third kappa shape index (κ3) is 7.91. The average molecular weight is 587 g/mol. The molecule has 2 aliphatic carbocycles. The van der Waals surface area contributed by atoms with Gasteiger partial charge in [0.25, 0.3) is 0 Å². The van der Waals surface area contributed by atoms with Crippen molar-refractivity contribution in [1.82, 2.24) is 10.6 Å². The minimum Gasteiger partial charge on any atom is -0.497 e. The predicted molar refractivity (Wildman–Crippen MR) is 165 cm³/mol. The van der Waals surface area contributed by atoms with Gasteiger partial charge < -0.3 is 24.8 Å². The molecule has 5 unspecified atom stereocenters. The van der Waals surface area contributed by atoms with Crippen molar-refractivity contribution in [3.05, 3.63) is 11.8 Å². The van der Waals surface area contributed by atoms with E-state index < -0.39 is 0 Å². The molecule has 5 atom stereocenters. The van der Waals surface area contributed by atoms with E-state index in [-0.39, 0.29) is 58.1 Å². The Bertz CT molecular complexity index is 1010. The number of hydrogen-bond acceptors (Lipinski definition) is 7. The Morgan fingerprint density at radius 1 is 0.690 bits per heavy atom. The molecule has 3 aliphatic heterocycles. The summed E-state index contributed by atoms with van der Waals surface area (Å²) in [6.45, 7) is 17.9. The third-order valence-corrected chi connectivity index (χ3v) is 10.6. The van der Waals surface area contributed by atoms with Crippen molar-refractivity contribution in [2.24, 2.45) is 29.6 Å². The van der Waals surface area contributed by atoms with E-state index in [0.29, 0.717) is 30.8 Å². The Morgan fingerprint density at radius 2 is 1.17 bits per heavy atom. The molecular weight excluding hydrogens is 528 g/mol. The van der Waals surface area contributed by atoms with Crippen LogP contribution in [0.4, 0.5) is 0 Å². The normalized spacial score (nSPS) is 36.1. The van der Waals surface area contributed by atoms with Crippen LogP contribution in [0.15, 0.2) is 11.8 Å². The van der Waals surface area contributed by atoms with E-state index in [1.807, 2.05) is 0 Å². The van der Waals surface area contributed by atoms with Gasteiger partial charge in [-0.2, -0.15) is 0 Å². The number of nitrogens with one attached hydrogen (secondary N) is 2. The number of piperidine rings is 2. The van der Waals surface area contributed by atoms with Crippen molar-refractivity contribution in [1.29, 1.82) is 0 Å². The number of allylic oxidation sites excluding steroid dienone is 2. The standard InChI is InChI=1S/C35H58N2O5/c1-32(2)17-27(18-33(3,4)36-32)41-30(38)25-12-10-22-15-24(11-9-23(22)16-25)29-14-13-26(21-40-29)31(39)42-28-19-34(5,6)37-35(7,8)20-28/h14,22-28,36-37H,9-13,15-21H2,1-8H3. The molecule has 0 aromatic heterocycles. The number of carbonyl (C=O) groups is 2. The van der Waals surface area contributed by atoms with Gasteiger partial charge in [0.05, 0.1) is 17.6 Å². The lowest BCUT2D eigenvalue weighted by Gasteiger charge is -2.46. The van der Waals surface area contributed by atoms with Crippen LogP contribution in [0.1, 0.15) is 126 Å². The third-order valence-electron chi connectivity index (χ3n) is 10.6. The quantitative estimate of drug-likeness (QED) is 0.358. The summed E-state index contributed by atoms with van der Waals surface area (Å²) in [5.41, 5.74) is -0.161. The second-order valence-electron chi connectivity index (χ2n) is 17.1. The second kappa shape index (κ2) is 11.7. The maximum atomic E-state index is 13.2. The fourth-order valence-corrected chi connectivity index (χ4v) is 9.54. The van der Waals surface area contributed by atoms with Crippen LogP contribution in [0, 0.1) is 29.6 Å². The van der Waals surface area contributed by atoms with Crippen molar-refractivity contribution in [3.63, 3.8) is 0 Å². The monoisotopic (exact) mass is 586 g/mol. The molecular formula is C35H58N2O5. The van der Waals surface area contributed by atoms with Gasteiger partial charge in [0, 0.05) is 53.8 Å². The molecule has 7 nitrogen and oxygen atoms in total. The molecule has 238 valence electrons. The second-order valence-corrected chi connectivity index (χ2v) is 17.1. The van der Waals surface area contributed by atoms with Crippen molar-refractivity contribution < 1.29 is 23.8 Å². The molecule has 7 heteroatoms. The molecule has 2 saturated heterocycles. The maximum Gasteiger partial charge on any atom is 0.313 e. The number of carbonyl (C=O) groups excluding carboxylic acids is 2. The molecule has 0 aromatic carbocycles. The van der Waals surface area contributed by atoms with Crippen LogP contribution < -0.4 is 10.6 Å². The van der Waals surface area contributed by atoms with Gasteiger partial charge in [-0.3, -0.25) is 9.59 Å². The Labute approximate surface area is 254 Å². The van der Waals surface area contributed by atoms with E-state index >= 15 is 0 Å². The van der Waals surface area contributed by atoms with Crippen LogP contribution in [-0.2, 0) is 23.8 Å². The van der Waals surface area contributed by atoms with Gasteiger partial charge >= 0.3 is 11.9 Å². The SMILES string of the molecule is CC1(C)CC(OC(=O)C2CC=C(C3CCC4CC(C(=O)OC5CC(C)(C)NC(C)(C)C5)CCC4C3)OC2)CC(C)(C)N1. The zero-order chi connectivity index (χ0) is 30.5. The van der Waals surface area contributed by atoms with Gasteiger partial charge in [0.2, 0.25) is 0 Å². The number of hydrogen-bond donors (Lipinski definition) is 2. The highest BCUT2D eigenvalue weighted by Crippen LogP contribution is 2.47. The smallest absolute Gasteiger partial charge is 0.313 e. The van der Waals surface area contributed by atoms with E-state index in [9.17, 15) is 9.59 Å². The molecule has 0 aromatic rings. The lowest BCUT2D eigenvalue weighted by atomic mass is 9.64. The van der Waals surface area contributed by atoms with Crippen LogP contribution in [-0.4, -0.2) is 52.9 Å². The molecule has 42 heavy (non-hydrogen) atoms. The van der Waals surface area contributed by atoms with E-state index in [4.69, 9.17) is 14.2 Å². The van der Waals surface area contributed by atoms with Crippen LogP contribution in [0.2, 0.25) is 0 Å². The number of ether oxygens (including phenoxy) is 3. The van der Waals surface area contributed by atoms with Crippen LogP contribution in [0.5, 0.6) is 0 Å². The van der Waals surface area contributed by atoms with Gasteiger partial charge in [0.1, 0.15) is 18.8 Å². The van der Waals surface area contributed by atoms with Crippen molar-refractivity contribution in [2.75, 3.05) is 6.61 Å². The van der Waals surface area contributed by atoms with Crippen LogP contribution >= 0.6 is 0 Å². The topological polar surface area (TPSA) is 85.9 Å². The molecule has 5 aliphatic rings. The van der Waals surface area contributed by atoms with E-state index in [0.717, 1.165) is 70.0 Å².